The van der Waals surface area contributed by atoms with Crippen LogP contribution in [0.2, 0.25) is 0 Å². The lowest BCUT2D eigenvalue weighted by Crippen LogP contribution is -2.28. The second kappa shape index (κ2) is 9.51. The Hall–Kier alpha value is -2.66. The Balaban J connectivity index is 1.49. The lowest BCUT2D eigenvalue weighted by atomic mass is 10.0. The SMILES string of the molecule is CCc1ccc(C(C)NC(=O)Cc2csc(COc3ccc(C)cc3)n2)cc1. The number of ether oxygens (including phenoxy) is 1. The standard InChI is InChI=1S/C23H26N2O2S/c1-4-18-7-9-19(10-8-18)17(3)24-22(26)13-20-15-28-23(25-20)14-27-21-11-5-16(2)6-12-21/h5-12,15,17H,4,13-14H2,1-3H3,(H,24,26). The average Bonchev–Trinajstić information content (AvgIpc) is 3.14. The van der Waals surface area contributed by atoms with Crippen molar-refractivity contribution in [1.82, 2.24) is 10.3 Å². The Morgan fingerprint density at radius 1 is 1.14 bits per heavy atom. The van der Waals surface area contributed by atoms with Gasteiger partial charge in [-0.15, -0.1) is 11.3 Å². The highest BCUT2D eigenvalue weighted by Gasteiger charge is 2.12. The number of hydrogen-bond donors (Lipinski definition) is 1. The van der Waals surface area contributed by atoms with E-state index < -0.39 is 0 Å². The van der Waals surface area contributed by atoms with Gasteiger partial charge in [-0.1, -0.05) is 48.9 Å². The number of benzene rings is 2. The Kier molecular flexibility index (Phi) is 6.82. The largest absolute Gasteiger partial charge is 0.486 e. The minimum atomic E-state index is -0.0265. The molecule has 4 nitrogen and oxygen atoms in total. The van der Waals surface area contributed by atoms with Gasteiger partial charge in [-0.2, -0.15) is 0 Å². The van der Waals surface area contributed by atoms with Gasteiger partial charge in [-0.05, 0) is 43.5 Å². The van der Waals surface area contributed by atoms with E-state index in [-0.39, 0.29) is 18.4 Å². The molecular formula is C23H26N2O2S. The van der Waals surface area contributed by atoms with Crippen LogP contribution in [0, 0.1) is 6.92 Å². The number of amides is 1. The number of carbonyl (C=O) groups is 1. The van der Waals surface area contributed by atoms with Gasteiger partial charge in [0.15, 0.2) is 0 Å². The number of hydrogen-bond acceptors (Lipinski definition) is 4. The summed E-state index contributed by atoms with van der Waals surface area (Å²) in [7, 11) is 0. The molecule has 0 fully saturated rings. The van der Waals surface area contributed by atoms with Crippen molar-refractivity contribution in [3.63, 3.8) is 0 Å². The number of thiazole rings is 1. The van der Waals surface area contributed by atoms with E-state index in [9.17, 15) is 4.79 Å². The molecule has 3 rings (SSSR count). The lowest BCUT2D eigenvalue weighted by Gasteiger charge is -2.14. The predicted octanol–water partition coefficient (Wildman–Crippen LogP) is 5.01. The first-order valence-electron chi connectivity index (χ1n) is 9.54. The van der Waals surface area contributed by atoms with E-state index in [1.165, 1.54) is 22.5 Å². The number of aromatic nitrogens is 1. The molecule has 0 bridgehead atoms. The van der Waals surface area contributed by atoms with Gasteiger partial charge < -0.3 is 10.1 Å². The molecule has 1 N–H and O–H groups in total. The number of aryl methyl sites for hydroxylation is 2. The maximum Gasteiger partial charge on any atom is 0.226 e. The number of nitrogens with zero attached hydrogens (tertiary/aromatic N) is 1. The fourth-order valence-corrected chi connectivity index (χ4v) is 3.56. The molecule has 3 aromatic rings. The fourth-order valence-electron chi connectivity index (χ4n) is 2.86. The van der Waals surface area contributed by atoms with Crippen LogP contribution in [-0.2, 0) is 24.2 Å². The van der Waals surface area contributed by atoms with Crippen LogP contribution < -0.4 is 10.1 Å². The molecule has 0 aliphatic heterocycles. The summed E-state index contributed by atoms with van der Waals surface area (Å²) in [5, 5.41) is 5.84. The summed E-state index contributed by atoms with van der Waals surface area (Å²) in [5.74, 6) is 0.798. The van der Waals surface area contributed by atoms with E-state index in [4.69, 9.17) is 4.74 Å². The summed E-state index contributed by atoms with van der Waals surface area (Å²) in [6, 6.07) is 16.3. The Bertz CT molecular complexity index is 901. The van der Waals surface area contributed by atoms with Crippen LogP contribution >= 0.6 is 11.3 Å². The van der Waals surface area contributed by atoms with E-state index in [1.807, 2.05) is 43.5 Å². The van der Waals surface area contributed by atoms with E-state index in [2.05, 4.69) is 41.5 Å². The van der Waals surface area contributed by atoms with E-state index in [0.29, 0.717) is 6.61 Å². The molecule has 146 valence electrons. The van der Waals surface area contributed by atoms with Gasteiger partial charge in [-0.25, -0.2) is 4.98 Å². The van der Waals surface area contributed by atoms with Gasteiger partial charge in [0.25, 0.3) is 0 Å². The molecule has 28 heavy (non-hydrogen) atoms. The maximum atomic E-state index is 12.4. The van der Waals surface area contributed by atoms with Gasteiger partial charge >= 0.3 is 0 Å². The van der Waals surface area contributed by atoms with Gasteiger partial charge in [0.2, 0.25) is 5.91 Å². The first-order chi connectivity index (χ1) is 13.5. The third kappa shape index (κ3) is 5.67. The van der Waals surface area contributed by atoms with Crippen molar-refractivity contribution in [2.75, 3.05) is 0 Å². The van der Waals surface area contributed by atoms with Crippen LogP contribution in [0.15, 0.2) is 53.9 Å². The molecule has 0 saturated carbocycles. The van der Waals surface area contributed by atoms with Crippen molar-refractivity contribution in [1.29, 1.82) is 0 Å². The van der Waals surface area contributed by atoms with Crippen molar-refractivity contribution in [3.05, 3.63) is 81.3 Å². The van der Waals surface area contributed by atoms with E-state index >= 15 is 0 Å². The van der Waals surface area contributed by atoms with Gasteiger partial charge in [0.1, 0.15) is 17.4 Å². The van der Waals surface area contributed by atoms with Crippen molar-refractivity contribution in [3.8, 4) is 5.75 Å². The van der Waals surface area contributed by atoms with Gasteiger partial charge in [0, 0.05) is 5.38 Å². The molecule has 1 amide bonds. The van der Waals surface area contributed by atoms with Crippen LogP contribution in [0.3, 0.4) is 0 Å². The quantitative estimate of drug-likeness (QED) is 0.584. The van der Waals surface area contributed by atoms with Crippen LogP contribution in [0.1, 0.15) is 47.3 Å². The Morgan fingerprint density at radius 3 is 2.54 bits per heavy atom. The molecule has 0 aliphatic carbocycles. The highest BCUT2D eigenvalue weighted by Crippen LogP contribution is 2.17. The molecule has 0 spiro atoms. The summed E-state index contributed by atoms with van der Waals surface area (Å²) in [6.45, 7) is 6.59. The number of nitrogens with one attached hydrogen (secondary N) is 1. The molecule has 0 aliphatic rings. The number of carbonyl (C=O) groups excluding carboxylic acids is 1. The molecule has 1 unspecified atom stereocenters. The zero-order valence-electron chi connectivity index (χ0n) is 16.6. The molecule has 2 aromatic carbocycles. The number of rotatable bonds is 8. The Morgan fingerprint density at radius 2 is 1.86 bits per heavy atom. The Labute approximate surface area is 170 Å². The smallest absolute Gasteiger partial charge is 0.226 e. The van der Waals surface area contributed by atoms with Crippen molar-refractivity contribution in [2.24, 2.45) is 0 Å². The van der Waals surface area contributed by atoms with Gasteiger partial charge in [-0.3, -0.25) is 4.79 Å². The minimum absolute atomic E-state index is 0.0247. The monoisotopic (exact) mass is 394 g/mol. The minimum Gasteiger partial charge on any atom is -0.486 e. The summed E-state index contributed by atoms with van der Waals surface area (Å²) in [6.07, 6.45) is 1.29. The second-order valence-electron chi connectivity index (χ2n) is 6.90. The van der Waals surface area contributed by atoms with Crippen molar-refractivity contribution < 1.29 is 9.53 Å². The van der Waals surface area contributed by atoms with Crippen molar-refractivity contribution in [2.45, 2.75) is 46.3 Å². The van der Waals surface area contributed by atoms with Crippen LogP contribution in [0.5, 0.6) is 5.75 Å². The normalized spacial score (nSPS) is 11.8. The van der Waals surface area contributed by atoms with E-state index in [1.54, 1.807) is 0 Å². The summed E-state index contributed by atoms with van der Waals surface area (Å²) in [4.78, 5) is 16.9. The summed E-state index contributed by atoms with van der Waals surface area (Å²) in [5.41, 5.74) is 4.38. The molecule has 0 radical (unpaired) electrons. The second-order valence-corrected chi connectivity index (χ2v) is 7.84. The van der Waals surface area contributed by atoms with Gasteiger partial charge in [0.05, 0.1) is 18.2 Å². The first-order valence-corrected chi connectivity index (χ1v) is 10.4. The molecule has 1 atom stereocenters. The first kappa shape index (κ1) is 20.1. The van der Waals surface area contributed by atoms with E-state index in [0.717, 1.165) is 28.4 Å². The molecule has 1 heterocycles. The van der Waals surface area contributed by atoms with Crippen LogP contribution in [0.25, 0.3) is 0 Å². The fraction of sp³-hybridized carbons (Fsp3) is 0.304. The zero-order chi connectivity index (χ0) is 19.9. The highest BCUT2D eigenvalue weighted by molar-refractivity contribution is 7.09. The average molecular weight is 395 g/mol. The molecule has 5 heteroatoms. The van der Waals surface area contributed by atoms with Crippen molar-refractivity contribution >= 4 is 17.2 Å². The van der Waals surface area contributed by atoms with Crippen LogP contribution in [-0.4, -0.2) is 10.9 Å². The lowest BCUT2D eigenvalue weighted by molar-refractivity contribution is -0.121. The maximum absolute atomic E-state index is 12.4. The molecular weight excluding hydrogens is 368 g/mol. The third-order valence-corrected chi connectivity index (χ3v) is 5.46. The third-order valence-electron chi connectivity index (χ3n) is 4.59. The predicted molar refractivity (Wildman–Crippen MR) is 114 cm³/mol. The topological polar surface area (TPSA) is 51.2 Å². The van der Waals surface area contributed by atoms with Crippen LogP contribution in [0.4, 0.5) is 0 Å². The zero-order valence-corrected chi connectivity index (χ0v) is 17.4. The highest BCUT2D eigenvalue weighted by atomic mass is 32.1. The molecule has 0 saturated heterocycles. The summed E-state index contributed by atoms with van der Waals surface area (Å²) >= 11 is 1.52. The summed E-state index contributed by atoms with van der Waals surface area (Å²) < 4.78 is 5.75. The molecule has 1 aromatic heterocycles.